The van der Waals surface area contributed by atoms with Gasteiger partial charge in [0.1, 0.15) is 0 Å². The third-order valence-electron chi connectivity index (χ3n) is 5.48. The van der Waals surface area contributed by atoms with Crippen molar-refractivity contribution in [1.82, 2.24) is 0 Å². The average molecular weight is 401 g/mol. The van der Waals surface area contributed by atoms with Crippen LogP contribution in [0.1, 0.15) is 30.5 Å². The fraction of sp³-hybridized carbons (Fsp3) is 0.208. The molecule has 0 aromatic heterocycles. The molecule has 1 N–H and O–H groups in total. The number of anilines is 2. The smallest absolute Gasteiger partial charge is 0.269 e. The number of rotatable bonds is 5. The molecule has 0 spiro atoms. The van der Waals surface area contributed by atoms with Gasteiger partial charge in [0.15, 0.2) is 0 Å². The minimum Gasteiger partial charge on any atom is -0.378 e. The van der Waals surface area contributed by atoms with Gasteiger partial charge in [0, 0.05) is 29.5 Å². The molecule has 1 aliphatic heterocycles. The summed E-state index contributed by atoms with van der Waals surface area (Å²) >= 11 is 0. The molecule has 0 radical (unpaired) electrons. The second-order valence-electron chi connectivity index (χ2n) is 7.57. The van der Waals surface area contributed by atoms with Crippen LogP contribution < -0.4 is 10.2 Å². The molecule has 4 rings (SSSR count). The summed E-state index contributed by atoms with van der Waals surface area (Å²) < 4.78 is 0. The van der Waals surface area contributed by atoms with Crippen LogP contribution >= 0.6 is 0 Å². The second-order valence-corrected chi connectivity index (χ2v) is 7.57. The summed E-state index contributed by atoms with van der Waals surface area (Å²) in [5.41, 5.74) is 3.85. The number of nitro benzene ring substituents is 1. The molecule has 3 aromatic rings. The third-order valence-corrected chi connectivity index (χ3v) is 5.48. The number of para-hydroxylation sites is 2. The number of fused-ring (bicyclic) bond motifs is 1. The summed E-state index contributed by atoms with van der Waals surface area (Å²) in [7, 11) is 0. The monoisotopic (exact) mass is 401 g/mol. The molecule has 0 bridgehead atoms. The largest absolute Gasteiger partial charge is 0.378 e. The average Bonchev–Trinajstić information content (AvgIpc) is 2.75. The number of non-ortho nitro benzene ring substituents is 1. The van der Waals surface area contributed by atoms with E-state index < -0.39 is 4.92 Å². The molecule has 6 nitrogen and oxygen atoms in total. The number of carbonyl (C=O) groups excluding carboxylic acids is 1. The van der Waals surface area contributed by atoms with E-state index in [0.717, 1.165) is 28.9 Å². The van der Waals surface area contributed by atoms with Crippen molar-refractivity contribution in [1.29, 1.82) is 0 Å². The molecule has 0 saturated carbocycles. The normalized spacial score (nSPS) is 17.8. The molecule has 2 atom stereocenters. The number of nitrogens with one attached hydrogen (secondary N) is 1. The second kappa shape index (κ2) is 8.37. The summed E-state index contributed by atoms with van der Waals surface area (Å²) in [5, 5.41) is 14.4. The van der Waals surface area contributed by atoms with Crippen LogP contribution in [0.3, 0.4) is 0 Å². The summed E-state index contributed by atoms with van der Waals surface area (Å²) in [6.07, 6.45) is 0.991. The van der Waals surface area contributed by atoms with Crippen LogP contribution in [0.25, 0.3) is 0 Å². The fourth-order valence-corrected chi connectivity index (χ4v) is 4.06. The first-order valence-corrected chi connectivity index (χ1v) is 9.99. The van der Waals surface area contributed by atoms with E-state index in [9.17, 15) is 14.9 Å². The first-order valence-electron chi connectivity index (χ1n) is 9.99. The van der Waals surface area contributed by atoms with Crippen LogP contribution in [0.5, 0.6) is 0 Å². The van der Waals surface area contributed by atoms with Crippen molar-refractivity contribution in [3.63, 3.8) is 0 Å². The zero-order valence-corrected chi connectivity index (χ0v) is 16.7. The predicted molar refractivity (Wildman–Crippen MR) is 118 cm³/mol. The Kier molecular flexibility index (Phi) is 5.48. The lowest BCUT2D eigenvalue weighted by atomic mass is 9.91. The highest BCUT2D eigenvalue weighted by Gasteiger charge is 2.33. The Labute approximate surface area is 175 Å². The fourth-order valence-electron chi connectivity index (χ4n) is 4.06. The van der Waals surface area contributed by atoms with Crippen molar-refractivity contribution in [2.75, 3.05) is 10.2 Å². The maximum Gasteiger partial charge on any atom is 0.269 e. The zero-order chi connectivity index (χ0) is 21.1. The summed E-state index contributed by atoms with van der Waals surface area (Å²) in [6.45, 7) is 2.06. The van der Waals surface area contributed by atoms with Gasteiger partial charge < -0.3 is 10.2 Å². The van der Waals surface area contributed by atoms with Gasteiger partial charge >= 0.3 is 0 Å². The molecule has 3 aromatic carbocycles. The maximum absolute atomic E-state index is 13.2. The van der Waals surface area contributed by atoms with Crippen LogP contribution in [-0.4, -0.2) is 16.9 Å². The summed E-state index contributed by atoms with van der Waals surface area (Å²) in [6, 6.07) is 24.4. The maximum atomic E-state index is 13.2. The van der Waals surface area contributed by atoms with Gasteiger partial charge in [0.25, 0.3) is 5.69 Å². The minimum absolute atomic E-state index is 0.0121. The van der Waals surface area contributed by atoms with Gasteiger partial charge in [0.05, 0.1) is 17.4 Å². The van der Waals surface area contributed by atoms with Crippen molar-refractivity contribution >= 4 is 23.0 Å². The number of nitrogens with zero attached hydrogens (tertiary/aromatic N) is 2. The van der Waals surface area contributed by atoms with Gasteiger partial charge in [-0.2, -0.15) is 0 Å². The lowest BCUT2D eigenvalue weighted by Crippen LogP contribution is -2.45. The summed E-state index contributed by atoms with van der Waals surface area (Å²) in [4.78, 5) is 25.5. The van der Waals surface area contributed by atoms with Gasteiger partial charge in [-0.15, -0.1) is 0 Å². The minimum atomic E-state index is -0.436. The van der Waals surface area contributed by atoms with Crippen LogP contribution in [-0.2, 0) is 11.2 Å². The lowest BCUT2D eigenvalue weighted by molar-refractivity contribution is -0.384. The van der Waals surface area contributed by atoms with Gasteiger partial charge in [-0.05, 0) is 42.7 Å². The van der Waals surface area contributed by atoms with E-state index in [1.54, 1.807) is 12.1 Å². The first-order chi connectivity index (χ1) is 14.5. The standard InChI is InChI=1S/C24H23N3O3/c1-17-15-22(25-19-7-3-2-4-8-19)21-9-5-6-10-23(21)26(17)24(28)16-18-11-13-20(14-12-18)27(29)30/h2-14,17,22,25H,15-16H2,1H3/t17-,22-/m0/s1. The van der Waals surface area contributed by atoms with E-state index in [2.05, 4.69) is 18.3 Å². The number of benzene rings is 3. The van der Waals surface area contributed by atoms with E-state index in [-0.39, 0.29) is 30.1 Å². The molecule has 30 heavy (non-hydrogen) atoms. The molecule has 0 unspecified atom stereocenters. The Morgan fingerprint density at radius 3 is 2.40 bits per heavy atom. The lowest BCUT2D eigenvalue weighted by Gasteiger charge is -2.40. The zero-order valence-electron chi connectivity index (χ0n) is 16.7. The van der Waals surface area contributed by atoms with Gasteiger partial charge in [0.2, 0.25) is 5.91 Å². The number of carbonyl (C=O) groups is 1. The SMILES string of the molecule is C[C@H]1C[C@H](Nc2ccccc2)c2ccccc2N1C(=O)Cc1ccc([N+](=O)[O-])cc1. The molecule has 0 fully saturated rings. The van der Waals surface area contributed by atoms with E-state index in [1.165, 1.54) is 12.1 Å². The highest BCUT2D eigenvalue weighted by molar-refractivity contribution is 5.96. The van der Waals surface area contributed by atoms with Crippen molar-refractivity contribution in [3.05, 3.63) is 100 Å². The predicted octanol–water partition coefficient (Wildman–Crippen LogP) is 5.12. The first kappa shape index (κ1) is 19.6. The molecule has 1 amide bonds. The summed E-state index contributed by atoms with van der Waals surface area (Å²) in [5.74, 6) is -0.0121. The molecule has 6 heteroatoms. The highest BCUT2D eigenvalue weighted by Crippen LogP contribution is 2.39. The van der Waals surface area contributed by atoms with E-state index in [4.69, 9.17) is 0 Å². The van der Waals surface area contributed by atoms with Gasteiger partial charge in [-0.1, -0.05) is 48.5 Å². The Morgan fingerprint density at radius 1 is 1.03 bits per heavy atom. The quantitative estimate of drug-likeness (QED) is 0.476. The van der Waals surface area contributed by atoms with E-state index in [0.29, 0.717) is 0 Å². The van der Waals surface area contributed by atoms with Crippen LogP contribution in [0.15, 0.2) is 78.9 Å². The van der Waals surface area contributed by atoms with Crippen molar-refractivity contribution in [2.45, 2.75) is 31.8 Å². The van der Waals surface area contributed by atoms with Crippen LogP contribution in [0.4, 0.5) is 17.1 Å². The number of hydrogen-bond acceptors (Lipinski definition) is 4. The number of hydrogen-bond donors (Lipinski definition) is 1. The van der Waals surface area contributed by atoms with E-state index >= 15 is 0 Å². The van der Waals surface area contributed by atoms with E-state index in [1.807, 2.05) is 53.4 Å². The Morgan fingerprint density at radius 2 is 1.70 bits per heavy atom. The number of nitro groups is 1. The number of amides is 1. The van der Waals surface area contributed by atoms with Crippen molar-refractivity contribution in [2.24, 2.45) is 0 Å². The Balaban J connectivity index is 1.57. The molecule has 1 aliphatic rings. The van der Waals surface area contributed by atoms with Gasteiger partial charge in [-0.25, -0.2) is 0 Å². The third kappa shape index (κ3) is 4.03. The van der Waals surface area contributed by atoms with Crippen molar-refractivity contribution < 1.29 is 9.72 Å². The Hall–Kier alpha value is -3.67. The van der Waals surface area contributed by atoms with Crippen LogP contribution in [0, 0.1) is 10.1 Å². The molecule has 0 saturated heterocycles. The molecule has 0 aliphatic carbocycles. The van der Waals surface area contributed by atoms with Gasteiger partial charge in [-0.3, -0.25) is 14.9 Å². The molecule has 152 valence electrons. The molecular formula is C24H23N3O3. The molecule has 1 heterocycles. The molecular weight excluding hydrogens is 378 g/mol. The van der Waals surface area contributed by atoms with Crippen LogP contribution in [0.2, 0.25) is 0 Å². The Bertz CT molecular complexity index is 1050. The highest BCUT2D eigenvalue weighted by atomic mass is 16.6. The van der Waals surface area contributed by atoms with Crippen molar-refractivity contribution in [3.8, 4) is 0 Å². The topological polar surface area (TPSA) is 75.5 Å².